The normalized spacial score (nSPS) is 10.6. The molecule has 8 nitrogen and oxygen atoms in total. The Hall–Kier alpha value is -4.41. The van der Waals surface area contributed by atoms with Crippen LogP contribution in [0.1, 0.15) is 0 Å². The summed E-state index contributed by atoms with van der Waals surface area (Å²) in [5, 5.41) is 17.1. The Morgan fingerprint density at radius 3 is 2.31 bits per heavy atom. The van der Waals surface area contributed by atoms with E-state index in [0.29, 0.717) is 11.6 Å². The molecule has 164 valence electrons. The van der Waals surface area contributed by atoms with Gasteiger partial charge in [0.25, 0.3) is 0 Å². The van der Waals surface area contributed by atoms with E-state index in [2.05, 4.69) is 25.5 Å². The lowest BCUT2D eigenvalue weighted by Gasteiger charge is -2.10. The van der Waals surface area contributed by atoms with Crippen LogP contribution in [0.5, 0.6) is 11.6 Å². The molecule has 4 rings (SSSR count). The lowest BCUT2D eigenvalue weighted by molar-refractivity contribution is -0.192. The molecule has 0 amide bonds. The standard InChI is InChI=1S/C19H15N5O.C2HF3O2/c1-2-10-20-18(5-1)24-15-6-8-16(9-7-15)25-19-17(4-3-11-21-19)14-12-22-23-13-14;3-2(4,5)1(6)7/h1-13H,(H,20,24)(H,22,23);(H,6,7). The second-order valence-corrected chi connectivity index (χ2v) is 6.11. The van der Waals surface area contributed by atoms with E-state index in [0.717, 1.165) is 22.6 Å². The van der Waals surface area contributed by atoms with Gasteiger partial charge in [0.05, 0.1) is 6.20 Å². The molecule has 0 bridgehead atoms. The first-order valence-corrected chi connectivity index (χ1v) is 9.03. The van der Waals surface area contributed by atoms with E-state index in [1.807, 2.05) is 60.8 Å². The maximum absolute atomic E-state index is 10.6. The molecular weight excluding hydrogens is 427 g/mol. The Kier molecular flexibility index (Phi) is 7.01. The summed E-state index contributed by atoms with van der Waals surface area (Å²) < 4.78 is 37.7. The number of benzene rings is 1. The number of aliphatic carboxylic acids is 1. The maximum atomic E-state index is 10.6. The Labute approximate surface area is 179 Å². The zero-order valence-electron chi connectivity index (χ0n) is 16.2. The average Bonchev–Trinajstić information content (AvgIpc) is 3.31. The number of alkyl halides is 3. The Morgan fingerprint density at radius 1 is 1.00 bits per heavy atom. The molecule has 3 N–H and O–H groups in total. The third kappa shape index (κ3) is 6.29. The molecule has 0 aliphatic carbocycles. The molecule has 32 heavy (non-hydrogen) atoms. The zero-order valence-corrected chi connectivity index (χ0v) is 16.2. The number of halogens is 3. The topological polar surface area (TPSA) is 113 Å². The van der Waals surface area contributed by atoms with Crippen molar-refractivity contribution in [3.8, 4) is 22.8 Å². The van der Waals surface area contributed by atoms with Crippen LogP contribution in [0.3, 0.4) is 0 Å². The lowest BCUT2D eigenvalue weighted by Crippen LogP contribution is -2.21. The van der Waals surface area contributed by atoms with Gasteiger partial charge in [0.15, 0.2) is 0 Å². The van der Waals surface area contributed by atoms with Crippen molar-refractivity contribution < 1.29 is 27.8 Å². The van der Waals surface area contributed by atoms with E-state index in [4.69, 9.17) is 14.6 Å². The molecule has 0 unspecified atom stereocenters. The number of carboxylic acids is 1. The molecule has 1 aromatic carbocycles. The maximum Gasteiger partial charge on any atom is 0.490 e. The molecule has 0 atom stereocenters. The third-order valence-corrected chi connectivity index (χ3v) is 3.83. The van der Waals surface area contributed by atoms with Gasteiger partial charge in [0.2, 0.25) is 5.88 Å². The minimum atomic E-state index is -5.08. The van der Waals surface area contributed by atoms with Crippen molar-refractivity contribution in [2.24, 2.45) is 0 Å². The van der Waals surface area contributed by atoms with Crippen molar-refractivity contribution in [1.82, 2.24) is 20.2 Å². The van der Waals surface area contributed by atoms with Crippen LogP contribution in [0.4, 0.5) is 24.7 Å². The second kappa shape index (κ2) is 10.1. The highest BCUT2D eigenvalue weighted by molar-refractivity contribution is 5.73. The predicted octanol–water partition coefficient (Wildman–Crippen LogP) is 5.04. The summed E-state index contributed by atoms with van der Waals surface area (Å²) in [5.74, 6) is -0.722. The summed E-state index contributed by atoms with van der Waals surface area (Å²) in [6, 6.07) is 17.2. The molecule has 0 fully saturated rings. The highest BCUT2D eigenvalue weighted by atomic mass is 19.4. The minimum Gasteiger partial charge on any atom is -0.475 e. The molecule has 4 aromatic rings. The van der Waals surface area contributed by atoms with E-state index in [9.17, 15) is 13.2 Å². The first-order chi connectivity index (χ1) is 15.3. The van der Waals surface area contributed by atoms with E-state index < -0.39 is 12.1 Å². The largest absolute Gasteiger partial charge is 0.490 e. The monoisotopic (exact) mass is 443 g/mol. The number of nitrogens with zero attached hydrogens (tertiary/aromatic N) is 3. The predicted molar refractivity (Wildman–Crippen MR) is 110 cm³/mol. The Bertz CT molecular complexity index is 1140. The lowest BCUT2D eigenvalue weighted by atomic mass is 10.1. The Morgan fingerprint density at radius 2 is 1.72 bits per heavy atom. The number of ether oxygens (including phenoxy) is 1. The van der Waals surface area contributed by atoms with Crippen LogP contribution in [0, 0.1) is 0 Å². The van der Waals surface area contributed by atoms with Crippen molar-refractivity contribution in [3.63, 3.8) is 0 Å². The smallest absolute Gasteiger partial charge is 0.475 e. The SMILES string of the molecule is O=C(O)C(F)(F)F.c1ccc(Nc2ccc(Oc3ncccc3-c3cn[nH]c3)cc2)nc1. The summed E-state index contributed by atoms with van der Waals surface area (Å²) in [7, 11) is 0. The van der Waals surface area contributed by atoms with Gasteiger partial charge in [-0.15, -0.1) is 0 Å². The zero-order chi connectivity index (χ0) is 23.0. The van der Waals surface area contributed by atoms with Crippen molar-refractivity contribution in [2.45, 2.75) is 6.18 Å². The van der Waals surface area contributed by atoms with Crippen molar-refractivity contribution >= 4 is 17.5 Å². The number of hydrogen-bond donors (Lipinski definition) is 3. The number of anilines is 2. The van der Waals surface area contributed by atoms with Crippen molar-refractivity contribution in [1.29, 1.82) is 0 Å². The number of hydrogen-bond acceptors (Lipinski definition) is 6. The first kappa shape index (κ1) is 22.3. The molecular formula is C21H16F3N5O3. The van der Waals surface area contributed by atoms with Gasteiger partial charge < -0.3 is 15.2 Å². The summed E-state index contributed by atoms with van der Waals surface area (Å²) in [4.78, 5) is 17.5. The Balaban J connectivity index is 0.000000360. The van der Waals surface area contributed by atoms with Gasteiger partial charge in [-0.3, -0.25) is 5.10 Å². The fourth-order valence-corrected chi connectivity index (χ4v) is 2.39. The summed E-state index contributed by atoms with van der Waals surface area (Å²) >= 11 is 0. The molecule has 0 radical (unpaired) electrons. The number of carbonyl (C=O) groups is 1. The van der Waals surface area contributed by atoms with Gasteiger partial charge in [0, 0.05) is 35.4 Å². The van der Waals surface area contributed by atoms with Gasteiger partial charge in [-0.25, -0.2) is 14.8 Å². The molecule has 3 heterocycles. The van der Waals surface area contributed by atoms with E-state index >= 15 is 0 Å². The van der Waals surface area contributed by atoms with Crippen LogP contribution >= 0.6 is 0 Å². The second-order valence-electron chi connectivity index (χ2n) is 6.11. The number of pyridine rings is 2. The van der Waals surface area contributed by atoms with Crippen molar-refractivity contribution in [3.05, 3.63) is 79.4 Å². The van der Waals surface area contributed by atoms with Gasteiger partial charge in [-0.2, -0.15) is 18.3 Å². The van der Waals surface area contributed by atoms with E-state index in [1.165, 1.54) is 0 Å². The molecule has 0 saturated heterocycles. The van der Waals surface area contributed by atoms with Gasteiger partial charge in [-0.1, -0.05) is 6.07 Å². The molecule has 0 aliphatic heterocycles. The summed E-state index contributed by atoms with van der Waals surface area (Å²) in [6.07, 6.45) is 1.92. The summed E-state index contributed by atoms with van der Waals surface area (Å²) in [5.41, 5.74) is 2.74. The van der Waals surface area contributed by atoms with Gasteiger partial charge in [-0.05, 0) is 48.5 Å². The summed E-state index contributed by atoms with van der Waals surface area (Å²) in [6.45, 7) is 0. The molecule has 0 saturated carbocycles. The van der Waals surface area contributed by atoms with Crippen LogP contribution in [-0.4, -0.2) is 37.4 Å². The van der Waals surface area contributed by atoms with Crippen LogP contribution in [0.15, 0.2) is 79.4 Å². The third-order valence-electron chi connectivity index (χ3n) is 3.83. The molecule has 11 heteroatoms. The number of H-pyrrole nitrogens is 1. The number of aromatic amines is 1. The van der Waals surface area contributed by atoms with Crippen LogP contribution in [-0.2, 0) is 4.79 Å². The van der Waals surface area contributed by atoms with Gasteiger partial charge in [0.1, 0.15) is 11.6 Å². The molecule has 3 aromatic heterocycles. The highest BCUT2D eigenvalue weighted by Gasteiger charge is 2.38. The van der Waals surface area contributed by atoms with Crippen LogP contribution in [0.2, 0.25) is 0 Å². The van der Waals surface area contributed by atoms with Crippen LogP contribution < -0.4 is 10.1 Å². The highest BCUT2D eigenvalue weighted by Crippen LogP contribution is 2.31. The fraction of sp³-hybridized carbons (Fsp3) is 0.0476. The first-order valence-electron chi connectivity index (χ1n) is 9.03. The molecule has 0 spiro atoms. The van der Waals surface area contributed by atoms with Gasteiger partial charge >= 0.3 is 12.1 Å². The quantitative estimate of drug-likeness (QED) is 0.396. The van der Waals surface area contributed by atoms with E-state index in [1.54, 1.807) is 18.6 Å². The molecule has 0 aliphatic rings. The van der Waals surface area contributed by atoms with E-state index in [-0.39, 0.29) is 0 Å². The number of rotatable bonds is 5. The van der Waals surface area contributed by atoms with Crippen molar-refractivity contribution in [2.75, 3.05) is 5.32 Å². The van der Waals surface area contributed by atoms with Crippen LogP contribution in [0.25, 0.3) is 11.1 Å². The average molecular weight is 443 g/mol. The minimum absolute atomic E-state index is 0.536. The fourth-order valence-electron chi connectivity index (χ4n) is 2.39. The number of aromatic nitrogens is 4. The number of carboxylic acid groups (broad SMARTS) is 1. The number of nitrogens with one attached hydrogen (secondary N) is 2.